The van der Waals surface area contributed by atoms with E-state index >= 15 is 0 Å². The van der Waals surface area contributed by atoms with Gasteiger partial charge >= 0.3 is 0 Å². The Morgan fingerprint density at radius 2 is 2.00 bits per heavy atom. The molecule has 2 aliphatic rings. The van der Waals surface area contributed by atoms with E-state index in [1.165, 1.54) is 28.8 Å². The highest BCUT2D eigenvalue weighted by Gasteiger charge is 2.33. The molecule has 2 heterocycles. The third-order valence-corrected chi connectivity index (χ3v) is 5.63. The fourth-order valence-electron chi connectivity index (χ4n) is 2.49. The lowest BCUT2D eigenvalue weighted by atomic mass is 10.2. The van der Waals surface area contributed by atoms with Crippen LogP contribution in [0.1, 0.15) is 5.56 Å². The number of carbonyl (C=O) groups is 1. The number of hydrogen-bond donors (Lipinski definition) is 0. The molecule has 0 spiro atoms. The summed E-state index contributed by atoms with van der Waals surface area (Å²) in [5.41, 5.74) is 1.18. The predicted octanol–water partition coefficient (Wildman–Crippen LogP) is 4.72. The Morgan fingerprint density at radius 3 is 2.76 bits per heavy atom. The molecule has 2 aliphatic heterocycles. The van der Waals surface area contributed by atoms with Gasteiger partial charge in [0.1, 0.15) is 5.82 Å². The van der Waals surface area contributed by atoms with Crippen LogP contribution in [0.2, 0.25) is 0 Å². The van der Waals surface area contributed by atoms with Gasteiger partial charge in [0, 0.05) is 4.47 Å². The smallest absolute Gasteiger partial charge is 0.270 e. The van der Waals surface area contributed by atoms with Crippen molar-refractivity contribution in [1.29, 1.82) is 0 Å². The topological polar surface area (TPSA) is 38.8 Å². The molecular weight excluding hydrogens is 429 g/mol. The van der Waals surface area contributed by atoms with Crippen LogP contribution in [0.5, 0.6) is 11.5 Å². The molecule has 0 unspecified atom stereocenters. The Morgan fingerprint density at radius 1 is 1.24 bits per heavy atom. The molecule has 0 saturated carbocycles. The fourth-order valence-corrected chi connectivity index (χ4v) is 4.22. The van der Waals surface area contributed by atoms with Crippen LogP contribution in [-0.4, -0.2) is 17.0 Å². The van der Waals surface area contributed by atoms with Crippen molar-refractivity contribution in [1.82, 2.24) is 0 Å². The Bertz CT molecular complexity index is 947. The average molecular weight is 438 g/mol. The minimum absolute atomic E-state index is 0.174. The summed E-state index contributed by atoms with van der Waals surface area (Å²) < 4.78 is 25.3. The van der Waals surface area contributed by atoms with Crippen LogP contribution in [0.25, 0.3) is 6.08 Å². The molecule has 2 aromatic carbocycles. The first-order valence-corrected chi connectivity index (χ1v) is 9.17. The molecule has 4 nitrogen and oxygen atoms in total. The second kappa shape index (κ2) is 6.44. The van der Waals surface area contributed by atoms with Gasteiger partial charge in [-0.1, -0.05) is 46.0 Å². The summed E-state index contributed by atoms with van der Waals surface area (Å²) in [6, 6.07) is 9.38. The summed E-state index contributed by atoms with van der Waals surface area (Å²) in [7, 11) is 0. The highest BCUT2D eigenvalue weighted by Crippen LogP contribution is 2.40. The normalized spacial score (nSPS) is 17.7. The first-order valence-electron chi connectivity index (χ1n) is 7.15. The number of ether oxygens (including phenoxy) is 2. The Balaban J connectivity index is 1.69. The average Bonchev–Trinajstić information content (AvgIpc) is 3.12. The first kappa shape index (κ1) is 16.6. The van der Waals surface area contributed by atoms with Crippen molar-refractivity contribution < 1.29 is 18.7 Å². The number of rotatable bonds is 2. The quantitative estimate of drug-likeness (QED) is 0.501. The van der Waals surface area contributed by atoms with Crippen LogP contribution < -0.4 is 14.4 Å². The third kappa shape index (κ3) is 3.05. The van der Waals surface area contributed by atoms with Gasteiger partial charge in [-0.25, -0.2) is 4.39 Å². The van der Waals surface area contributed by atoms with Crippen LogP contribution in [0.15, 0.2) is 45.8 Å². The molecule has 25 heavy (non-hydrogen) atoms. The second-order valence-electron chi connectivity index (χ2n) is 5.22. The maximum atomic E-state index is 13.5. The van der Waals surface area contributed by atoms with E-state index in [1.807, 2.05) is 0 Å². The first-order chi connectivity index (χ1) is 12.0. The van der Waals surface area contributed by atoms with Crippen LogP contribution >= 0.6 is 39.9 Å². The van der Waals surface area contributed by atoms with Crippen LogP contribution in [0, 0.1) is 5.82 Å². The molecule has 0 N–H and O–H groups in total. The molecule has 0 aliphatic carbocycles. The van der Waals surface area contributed by atoms with Gasteiger partial charge in [0.15, 0.2) is 15.8 Å². The van der Waals surface area contributed by atoms with Crippen molar-refractivity contribution >= 4 is 61.9 Å². The van der Waals surface area contributed by atoms with E-state index in [9.17, 15) is 9.18 Å². The lowest BCUT2D eigenvalue weighted by Crippen LogP contribution is -2.27. The minimum Gasteiger partial charge on any atom is -0.454 e. The highest BCUT2D eigenvalue weighted by molar-refractivity contribution is 9.10. The van der Waals surface area contributed by atoms with Gasteiger partial charge in [0.25, 0.3) is 5.91 Å². The summed E-state index contributed by atoms with van der Waals surface area (Å²) >= 11 is 9.93. The summed E-state index contributed by atoms with van der Waals surface area (Å²) in [6.07, 6.45) is 1.73. The van der Waals surface area contributed by atoms with Crippen LogP contribution in [0.4, 0.5) is 10.1 Å². The van der Waals surface area contributed by atoms with Crippen molar-refractivity contribution in [3.63, 3.8) is 0 Å². The summed E-state index contributed by atoms with van der Waals surface area (Å²) in [5, 5.41) is 0. The van der Waals surface area contributed by atoms with E-state index in [0.29, 0.717) is 26.4 Å². The van der Waals surface area contributed by atoms with Gasteiger partial charge in [-0.15, -0.1) is 0 Å². The number of halogens is 2. The number of thioether (sulfide) groups is 1. The molecule has 0 atom stereocenters. The van der Waals surface area contributed by atoms with Gasteiger partial charge in [-0.2, -0.15) is 0 Å². The number of anilines is 1. The van der Waals surface area contributed by atoms with Gasteiger partial charge in [-0.05, 0) is 42.0 Å². The van der Waals surface area contributed by atoms with Crippen molar-refractivity contribution in [2.75, 3.05) is 11.7 Å². The Kier molecular flexibility index (Phi) is 4.26. The van der Waals surface area contributed by atoms with Gasteiger partial charge in [0.2, 0.25) is 6.79 Å². The fraction of sp³-hybridized carbons (Fsp3) is 0.0588. The molecule has 4 rings (SSSR count). The number of hydrogen-bond acceptors (Lipinski definition) is 5. The number of fused-ring (bicyclic) bond motifs is 1. The van der Waals surface area contributed by atoms with Crippen molar-refractivity contribution in [3.05, 3.63) is 57.2 Å². The molecule has 0 bridgehead atoms. The molecular formula is C17H9BrFNO3S2. The van der Waals surface area contributed by atoms with E-state index in [2.05, 4.69) is 15.9 Å². The zero-order chi connectivity index (χ0) is 17.6. The lowest BCUT2D eigenvalue weighted by molar-refractivity contribution is -0.113. The summed E-state index contributed by atoms with van der Waals surface area (Å²) in [4.78, 5) is 14.5. The van der Waals surface area contributed by atoms with Crippen molar-refractivity contribution in [2.24, 2.45) is 0 Å². The van der Waals surface area contributed by atoms with Crippen LogP contribution in [-0.2, 0) is 4.79 Å². The molecule has 0 aromatic heterocycles. The van der Waals surface area contributed by atoms with E-state index in [1.54, 1.807) is 30.3 Å². The Hall–Kier alpha value is -1.90. The number of carbonyl (C=O) groups excluding carboxylic acids is 1. The third-order valence-electron chi connectivity index (χ3n) is 3.64. The standard InChI is InChI=1S/C17H9BrFNO3S2/c18-12-7-14-13(22-8-23-14)4-9(12)5-15-16(21)20(17(24)25-15)11-3-1-2-10(19)6-11/h1-7H,8H2/b15-5-. The molecule has 0 radical (unpaired) electrons. The second-order valence-corrected chi connectivity index (χ2v) is 7.75. The monoisotopic (exact) mass is 437 g/mol. The molecule has 1 fully saturated rings. The largest absolute Gasteiger partial charge is 0.454 e. The number of thiocarbonyl (C=S) groups is 1. The minimum atomic E-state index is -0.422. The molecule has 126 valence electrons. The molecule has 8 heteroatoms. The zero-order valence-corrected chi connectivity index (χ0v) is 15.7. The summed E-state index contributed by atoms with van der Waals surface area (Å²) in [5.74, 6) is 0.561. The van der Waals surface area contributed by atoms with E-state index in [-0.39, 0.29) is 12.7 Å². The number of amides is 1. The SMILES string of the molecule is O=C1/C(=C/c2cc3c(cc2Br)OCO3)SC(=S)N1c1cccc(F)c1. The number of nitrogens with zero attached hydrogens (tertiary/aromatic N) is 1. The van der Waals surface area contributed by atoms with E-state index in [0.717, 1.165) is 10.0 Å². The maximum absolute atomic E-state index is 13.5. The van der Waals surface area contributed by atoms with Gasteiger partial charge in [-0.3, -0.25) is 9.69 Å². The molecule has 2 aromatic rings. The van der Waals surface area contributed by atoms with Crippen molar-refractivity contribution in [3.8, 4) is 11.5 Å². The maximum Gasteiger partial charge on any atom is 0.270 e. The van der Waals surface area contributed by atoms with Crippen molar-refractivity contribution in [2.45, 2.75) is 0 Å². The van der Waals surface area contributed by atoms with Gasteiger partial charge < -0.3 is 9.47 Å². The number of benzene rings is 2. The van der Waals surface area contributed by atoms with E-state index < -0.39 is 5.82 Å². The predicted molar refractivity (Wildman–Crippen MR) is 102 cm³/mol. The van der Waals surface area contributed by atoms with E-state index in [4.69, 9.17) is 21.7 Å². The summed E-state index contributed by atoms with van der Waals surface area (Å²) in [6.45, 7) is 0.174. The lowest BCUT2D eigenvalue weighted by Gasteiger charge is -2.14. The van der Waals surface area contributed by atoms with Gasteiger partial charge in [0.05, 0.1) is 10.6 Å². The highest BCUT2D eigenvalue weighted by atomic mass is 79.9. The molecule has 1 amide bonds. The van der Waals surface area contributed by atoms with Crippen LogP contribution in [0.3, 0.4) is 0 Å². The molecule has 1 saturated heterocycles. The Labute approximate surface area is 160 Å². The zero-order valence-electron chi connectivity index (χ0n) is 12.5.